The SMILES string of the molecule is CCc1sc2c(c1C)c(=O)n(CC(N)=O)c(=O)n2C[C@@H](OC(C)C)c1ccccc1. The molecule has 160 valence electrons. The number of carbonyl (C=O) groups excluding carboxylic acids is 1. The monoisotopic (exact) mass is 429 g/mol. The van der Waals surface area contributed by atoms with Crippen LogP contribution in [0.25, 0.3) is 10.2 Å². The van der Waals surface area contributed by atoms with Gasteiger partial charge in [-0.3, -0.25) is 18.7 Å². The summed E-state index contributed by atoms with van der Waals surface area (Å²) in [5.74, 6) is -0.735. The van der Waals surface area contributed by atoms with E-state index in [1.54, 1.807) is 4.57 Å². The number of benzene rings is 1. The largest absolute Gasteiger partial charge is 0.369 e. The van der Waals surface area contributed by atoms with E-state index in [0.717, 1.165) is 27.0 Å². The highest BCUT2D eigenvalue weighted by molar-refractivity contribution is 7.18. The number of amides is 1. The molecule has 0 aliphatic heterocycles. The maximum atomic E-state index is 13.3. The lowest BCUT2D eigenvalue weighted by molar-refractivity contribution is -0.118. The molecule has 0 aliphatic rings. The van der Waals surface area contributed by atoms with Crippen LogP contribution >= 0.6 is 11.3 Å². The number of aryl methyl sites for hydroxylation is 2. The van der Waals surface area contributed by atoms with Gasteiger partial charge < -0.3 is 10.5 Å². The van der Waals surface area contributed by atoms with Gasteiger partial charge in [-0.2, -0.15) is 0 Å². The molecule has 8 heteroatoms. The molecule has 0 saturated heterocycles. The highest BCUT2D eigenvalue weighted by Gasteiger charge is 2.23. The summed E-state index contributed by atoms with van der Waals surface area (Å²) in [6, 6.07) is 9.66. The number of hydrogen-bond acceptors (Lipinski definition) is 5. The minimum Gasteiger partial charge on any atom is -0.369 e. The summed E-state index contributed by atoms with van der Waals surface area (Å²) in [4.78, 5) is 39.5. The van der Waals surface area contributed by atoms with Crippen LogP contribution in [0.15, 0.2) is 39.9 Å². The summed E-state index contributed by atoms with van der Waals surface area (Å²) in [6.45, 7) is 7.53. The van der Waals surface area contributed by atoms with E-state index in [2.05, 4.69) is 0 Å². The Balaban J connectivity index is 2.26. The maximum absolute atomic E-state index is 13.3. The van der Waals surface area contributed by atoms with Crippen molar-refractivity contribution in [2.24, 2.45) is 5.73 Å². The lowest BCUT2D eigenvalue weighted by Crippen LogP contribution is -2.43. The molecule has 0 bridgehead atoms. The van der Waals surface area contributed by atoms with Crippen molar-refractivity contribution in [3.63, 3.8) is 0 Å². The van der Waals surface area contributed by atoms with E-state index in [1.807, 2.05) is 58.0 Å². The molecule has 2 heterocycles. The number of carbonyl (C=O) groups is 1. The Hall–Kier alpha value is -2.71. The molecule has 0 aliphatic carbocycles. The molecule has 2 aromatic heterocycles. The fourth-order valence-corrected chi connectivity index (χ4v) is 4.86. The highest BCUT2D eigenvalue weighted by Crippen LogP contribution is 2.30. The van der Waals surface area contributed by atoms with Crippen LogP contribution < -0.4 is 17.0 Å². The Kier molecular flexibility index (Phi) is 6.58. The molecule has 1 aromatic carbocycles. The zero-order chi connectivity index (χ0) is 22.0. The van der Waals surface area contributed by atoms with Gasteiger partial charge in [0.25, 0.3) is 5.56 Å². The minimum absolute atomic E-state index is 0.0609. The Morgan fingerprint density at radius 2 is 1.83 bits per heavy atom. The summed E-state index contributed by atoms with van der Waals surface area (Å²) < 4.78 is 8.61. The highest BCUT2D eigenvalue weighted by atomic mass is 32.1. The lowest BCUT2D eigenvalue weighted by Gasteiger charge is -2.22. The molecular formula is C22H27N3O4S. The summed E-state index contributed by atoms with van der Waals surface area (Å²) in [7, 11) is 0. The number of hydrogen-bond donors (Lipinski definition) is 1. The normalized spacial score (nSPS) is 12.6. The summed E-state index contributed by atoms with van der Waals surface area (Å²) in [6.07, 6.45) is 0.299. The molecule has 3 rings (SSSR count). The third-order valence-corrected chi connectivity index (χ3v) is 6.44. The van der Waals surface area contributed by atoms with Crippen LogP contribution in [0.3, 0.4) is 0 Å². The van der Waals surface area contributed by atoms with Crippen LogP contribution in [0.4, 0.5) is 0 Å². The molecule has 7 nitrogen and oxygen atoms in total. The van der Waals surface area contributed by atoms with Gasteiger partial charge in [0, 0.05) is 4.88 Å². The van der Waals surface area contributed by atoms with Crippen LogP contribution in [0.5, 0.6) is 0 Å². The second-order valence-corrected chi connectivity index (χ2v) is 8.60. The van der Waals surface area contributed by atoms with Crippen LogP contribution in [-0.4, -0.2) is 21.1 Å². The van der Waals surface area contributed by atoms with E-state index < -0.39 is 23.7 Å². The molecular weight excluding hydrogens is 402 g/mol. The smallest absolute Gasteiger partial charge is 0.332 e. The molecule has 3 aromatic rings. The van der Waals surface area contributed by atoms with E-state index in [9.17, 15) is 14.4 Å². The van der Waals surface area contributed by atoms with Crippen molar-refractivity contribution in [3.05, 3.63) is 67.2 Å². The van der Waals surface area contributed by atoms with E-state index in [1.165, 1.54) is 11.3 Å². The average molecular weight is 430 g/mol. The number of fused-ring (bicyclic) bond motifs is 1. The standard InChI is InChI=1S/C22H27N3O4S/c1-5-17-14(4)19-20(27)24(12-18(23)26)22(28)25(21(19)30-17)11-16(29-13(2)3)15-9-7-6-8-10-15/h6-10,13,16H,5,11-12H2,1-4H3,(H2,23,26)/t16-/m1/s1. The zero-order valence-electron chi connectivity index (χ0n) is 17.7. The number of rotatable bonds is 8. The molecule has 0 unspecified atom stereocenters. The molecule has 0 saturated carbocycles. The van der Waals surface area contributed by atoms with Crippen molar-refractivity contribution in [1.29, 1.82) is 0 Å². The first-order valence-corrected chi connectivity index (χ1v) is 10.8. The van der Waals surface area contributed by atoms with Crippen molar-refractivity contribution in [2.45, 2.75) is 59.4 Å². The summed E-state index contributed by atoms with van der Waals surface area (Å²) >= 11 is 1.44. The third kappa shape index (κ3) is 4.24. The van der Waals surface area contributed by atoms with E-state index >= 15 is 0 Å². The molecule has 1 amide bonds. The quantitative estimate of drug-likeness (QED) is 0.595. The van der Waals surface area contributed by atoms with Crippen LogP contribution in [0.1, 0.15) is 42.9 Å². The van der Waals surface area contributed by atoms with Crippen molar-refractivity contribution < 1.29 is 9.53 Å². The molecule has 0 spiro atoms. The fraction of sp³-hybridized carbons (Fsp3) is 0.409. The second kappa shape index (κ2) is 8.97. The maximum Gasteiger partial charge on any atom is 0.332 e. The lowest BCUT2D eigenvalue weighted by atomic mass is 10.1. The first kappa shape index (κ1) is 22.0. The predicted molar refractivity (Wildman–Crippen MR) is 119 cm³/mol. The topological polar surface area (TPSA) is 96.3 Å². The Morgan fingerprint density at radius 1 is 1.17 bits per heavy atom. The van der Waals surface area contributed by atoms with Gasteiger partial charge >= 0.3 is 5.69 Å². The van der Waals surface area contributed by atoms with Crippen molar-refractivity contribution >= 4 is 27.5 Å². The van der Waals surface area contributed by atoms with Gasteiger partial charge in [0.1, 0.15) is 17.5 Å². The van der Waals surface area contributed by atoms with Crippen molar-refractivity contribution in [2.75, 3.05) is 0 Å². The van der Waals surface area contributed by atoms with Gasteiger partial charge in [-0.1, -0.05) is 37.3 Å². The molecule has 0 fully saturated rings. The van der Waals surface area contributed by atoms with E-state index in [-0.39, 0.29) is 18.8 Å². The first-order valence-electron chi connectivity index (χ1n) is 9.98. The van der Waals surface area contributed by atoms with Gasteiger partial charge in [-0.15, -0.1) is 11.3 Å². The summed E-state index contributed by atoms with van der Waals surface area (Å²) in [5.41, 5.74) is 6.07. The number of nitrogens with zero attached hydrogens (tertiary/aromatic N) is 2. The molecule has 2 N–H and O–H groups in total. The van der Waals surface area contributed by atoms with Gasteiger partial charge in [0.05, 0.1) is 18.0 Å². The second-order valence-electron chi connectivity index (χ2n) is 7.52. The van der Waals surface area contributed by atoms with Crippen molar-refractivity contribution in [1.82, 2.24) is 9.13 Å². The van der Waals surface area contributed by atoms with Crippen LogP contribution in [0, 0.1) is 6.92 Å². The minimum atomic E-state index is -0.735. The predicted octanol–water partition coefficient (Wildman–Crippen LogP) is 2.75. The van der Waals surface area contributed by atoms with Gasteiger partial charge in [0.2, 0.25) is 5.91 Å². The Bertz CT molecular complexity index is 1180. The van der Waals surface area contributed by atoms with Crippen molar-refractivity contribution in [3.8, 4) is 0 Å². The van der Waals surface area contributed by atoms with E-state index in [4.69, 9.17) is 10.5 Å². The number of aromatic nitrogens is 2. The average Bonchev–Trinajstić information content (AvgIpc) is 3.04. The molecule has 30 heavy (non-hydrogen) atoms. The van der Waals surface area contributed by atoms with Crippen LogP contribution in [-0.2, 0) is 29.0 Å². The van der Waals surface area contributed by atoms with Crippen LogP contribution in [0.2, 0.25) is 0 Å². The Labute approximate surface area is 178 Å². The number of ether oxygens (including phenoxy) is 1. The van der Waals surface area contributed by atoms with Gasteiger partial charge in [0.15, 0.2) is 0 Å². The number of primary amides is 1. The van der Waals surface area contributed by atoms with E-state index in [0.29, 0.717) is 10.2 Å². The molecule has 0 radical (unpaired) electrons. The number of nitrogens with two attached hydrogens (primary N) is 1. The first-order chi connectivity index (χ1) is 14.2. The van der Waals surface area contributed by atoms with Gasteiger partial charge in [-0.05, 0) is 38.3 Å². The number of thiophene rings is 1. The van der Waals surface area contributed by atoms with Gasteiger partial charge in [-0.25, -0.2) is 4.79 Å². The summed E-state index contributed by atoms with van der Waals surface area (Å²) in [5, 5.41) is 0.467. The zero-order valence-corrected chi connectivity index (χ0v) is 18.5. The molecule has 1 atom stereocenters. The fourth-order valence-electron chi connectivity index (χ4n) is 3.62. The third-order valence-electron chi connectivity index (χ3n) is 4.98. The Morgan fingerprint density at radius 3 is 2.40 bits per heavy atom.